The van der Waals surface area contributed by atoms with Crippen molar-refractivity contribution in [2.75, 3.05) is 19.1 Å². The molecule has 0 aliphatic rings. The number of ether oxygens (including phenoxy) is 1. The number of methoxy groups -OCH3 is 1. The number of nitrogens with zero attached hydrogens (tertiary/aromatic N) is 1. The largest absolute Gasteiger partial charge is 0.497 e. The lowest BCUT2D eigenvalue weighted by Crippen LogP contribution is -2.30. The maximum Gasteiger partial charge on any atom is 0.233 e. The Morgan fingerprint density at radius 2 is 1.65 bits per heavy atom. The van der Waals surface area contributed by atoms with Crippen LogP contribution in [0.1, 0.15) is 18.4 Å². The van der Waals surface area contributed by atoms with E-state index in [4.69, 9.17) is 4.74 Å². The summed E-state index contributed by atoms with van der Waals surface area (Å²) in [6.07, 6.45) is 0. The molecular formula is C17H19NO2. The lowest BCUT2D eigenvalue weighted by atomic mass is 9.99. The van der Waals surface area contributed by atoms with E-state index >= 15 is 0 Å². The summed E-state index contributed by atoms with van der Waals surface area (Å²) in [4.78, 5) is 14.2. The smallest absolute Gasteiger partial charge is 0.233 e. The monoisotopic (exact) mass is 269 g/mol. The van der Waals surface area contributed by atoms with Crippen molar-refractivity contribution in [2.45, 2.75) is 12.8 Å². The van der Waals surface area contributed by atoms with E-state index in [0.717, 1.165) is 17.0 Å². The number of para-hydroxylation sites is 1. The molecule has 1 amide bonds. The third-order valence-corrected chi connectivity index (χ3v) is 3.46. The highest BCUT2D eigenvalue weighted by Crippen LogP contribution is 2.23. The minimum Gasteiger partial charge on any atom is -0.497 e. The fourth-order valence-corrected chi connectivity index (χ4v) is 2.10. The molecule has 1 unspecified atom stereocenters. The Morgan fingerprint density at radius 1 is 1.05 bits per heavy atom. The normalized spacial score (nSPS) is 11.8. The molecule has 1 atom stereocenters. The fourth-order valence-electron chi connectivity index (χ4n) is 2.10. The first-order valence-electron chi connectivity index (χ1n) is 6.60. The van der Waals surface area contributed by atoms with Crippen molar-refractivity contribution in [3.8, 4) is 5.75 Å². The minimum atomic E-state index is -0.189. The average Bonchev–Trinajstić information content (AvgIpc) is 2.53. The van der Waals surface area contributed by atoms with Gasteiger partial charge in [-0.3, -0.25) is 4.79 Å². The Hall–Kier alpha value is -2.29. The summed E-state index contributed by atoms with van der Waals surface area (Å²) in [7, 11) is 3.43. The van der Waals surface area contributed by atoms with Crippen molar-refractivity contribution in [2.24, 2.45) is 0 Å². The van der Waals surface area contributed by atoms with Gasteiger partial charge in [-0.05, 0) is 36.8 Å². The van der Waals surface area contributed by atoms with E-state index < -0.39 is 0 Å². The highest BCUT2D eigenvalue weighted by Gasteiger charge is 2.20. The number of hydrogen-bond donors (Lipinski definition) is 0. The molecular weight excluding hydrogens is 250 g/mol. The summed E-state index contributed by atoms with van der Waals surface area (Å²) < 4.78 is 5.13. The molecule has 2 aromatic carbocycles. The van der Waals surface area contributed by atoms with Gasteiger partial charge in [0, 0.05) is 12.7 Å². The van der Waals surface area contributed by atoms with Crippen molar-refractivity contribution in [1.29, 1.82) is 0 Å². The predicted octanol–water partition coefficient (Wildman–Crippen LogP) is 3.46. The number of anilines is 1. The summed E-state index contributed by atoms with van der Waals surface area (Å²) in [5.74, 6) is 0.678. The van der Waals surface area contributed by atoms with Crippen LogP contribution < -0.4 is 9.64 Å². The van der Waals surface area contributed by atoms with E-state index in [1.54, 1.807) is 19.1 Å². The number of hydrogen-bond acceptors (Lipinski definition) is 2. The second-order valence-electron chi connectivity index (χ2n) is 4.73. The van der Waals surface area contributed by atoms with Crippen LogP contribution in [-0.2, 0) is 4.79 Å². The fraction of sp³-hybridized carbons (Fsp3) is 0.235. The minimum absolute atomic E-state index is 0.0707. The highest BCUT2D eigenvalue weighted by atomic mass is 16.5. The molecule has 3 heteroatoms. The van der Waals surface area contributed by atoms with Crippen LogP contribution in [0.15, 0.2) is 54.6 Å². The second kappa shape index (κ2) is 6.24. The Morgan fingerprint density at radius 3 is 2.20 bits per heavy atom. The molecule has 0 N–H and O–H groups in total. The average molecular weight is 269 g/mol. The standard InChI is InChI=1S/C17H19NO2/c1-13(14-9-11-16(20-3)12-10-14)17(19)18(2)15-7-5-4-6-8-15/h4-13H,1-3H3. The maximum absolute atomic E-state index is 12.5. The van der Waals surface area contributed by atoms with Crippen molar-refractivity contribution < 1.29 is 9.53 Å². The molecule has 2 aromatic rings. The first kappa shape index (κ1) is 14.1. The van der Waals surface area contributed by atoms with Crippen LogP contribution in [0.3, 0.4) is 0 Å². The van der Waals surface area contributed by atoms with Crippen LogP contribution in [0, 0.1) is 0 Å². The molecule has 0 spiro atoms. The summed E-state index contributed by atoms with van der Waals surface area (Å²) in [5, 5.41) is 0. The van der Waals surface area contributed by atoms with Gasteiger partial charge >= 0.3 is 0 Å². The van der Waals surface area contributed by atoms with Crippen molar-refractivity contribution in [1.82, 2.24) is 0 Å². The van der Waals surface area contributed by atoms with Gasteiger partial charge in [0.25, 0.3) is 0 Å². The molecule has 0 radical (unpaired) electrons. The van der Waals surface area contributed by atoms with Gasteiger partial charge in [-0.2, -0.15) is 0 Å². The van der Waals surface area contributed by atoms with E-state index in [1.165, 1.54) is 0 Å². The van der Waals surface area contributed by atoms with Crippen LogP contribution in [-0.4, -0.2) is 20.1 Å². The molecule has 104 valence electrons. The molecule has 20 heavy (non-hydrogen) atoms. The van der Waals surface area contributed by atoms with E-state index in [9.17, 15) is 4.79 Å². The molecule has 0 heterocycles. The number of carbonyl (C=O) groups is 1. The SMILES string of the molecule is COc1ccc(C(C)C(=O)N(C)c2ccccc2)cc1. The molecule has 0 aliphatic carbocycles. The molecule has 2 rings (SSSR count). The molecule has 0 aromatic heterocycles. The molecule has 3 nitrogen and oxygen atoms in total. The number of amides is 1. The molecule has 0 saturated carbocycles. The summed E-state index contributed by atoms with van der Waals surface area (Å²) >= 11 is 0. The number of benzene rings is 2. The van der Waals surface area contributed by atoms with Gasteiger partial charge in [0.1, 0.15) is 5.75 Å². The summed E-state index contributed by atoms with van der Waals surface area (Å²) in [5.41, 5.74) is 1.89. The lowest BCUT2D eigenvalue weighted by Gasteiger charge is -2.21. The third-order valence-electron chi connectivity index (χ3n) is 3.46. The second-order valence-corrected chi connectivity index (χ2v) is 4.73. The van der Waals surface area contributed by atoms with Crippen LogP contribution in [0.25, 0.3) is 0 Å². The molecule has 0 aliphatic heterocycles. The maximum atomic E-state index is 12.5. The van der Waals surface area contributed by atoms with Crippen molar-refractivity contribution in [3.63, 3.8) is 0 Å². The van der Waals surface area contributed by atoms with Crippen LogP contribution in [0.5, 0.6) is 5.75 Å². The zero-order valence-electron chi connectivity index (χ0n) is 12.0. The van der Waals surface area contributed by atoms with E-state index in [1.807, 2.05) is 61.5 Å². The highest BCUT2D eigenvalue weighted by molar-refractivity contribution is 5.97. The molecule has 0 saturated heterocycles. The van der Waals surface area contributed by atoms with Gasteiger partial charge < -0.3 is 9.64 Å². The van der Waals surface area contributed by atoms with Gasteiger partial charge in [-0.15, -0.1) is 0 Å². The van der Waals surface area contributed by atoms with Gasteiger partial charge in [0.15, 0.2) is 0 Å². The van der Waals surface area contributed by atoms with Crippen LogP contribution in [0.4, 0.5) is 5.69 Å². The third kappa shape index (κ3) is 2.99. The van der Waals surface area contributed by atoms with Gasteiger partial charge in [-0.1, -0.05) is 30.3 Å². The van der Waals surface area contributed by atoms with Crippen molar-refractivity contribution in [3.05, 3.63) is 60.2 Å². The predicted molar refractivity (Wildman–Crippen MR) is 81.3 cm³/mol. The van der Waals surface area contributed by atoms with Gasteiger partial charge in [0.2, 0.25) is 5.91 Å². The molecule has 0 bridgehead atoms. The number of likely N-dealkylation sites (N-methyl/N-ethyl adjacent to an activating group) is 1. The van der Waals surface area contributed by atoms with Gasteiger partial charge in [0.05, 0.1) is 13.0 Å². The van der Waals surface area contributed by atoms with Gasteiger partial charge in [-0.25, -0.2) is 0 Å². The van der Waals surface area contributed by atoms with E-state index in [2.05, 4.69) is 0 Å². The Kier molecular flexibility index (Phi) is 4.41. The Labute approximate surface area is 119 Å². The van der Waals surface area contributed by atoms with Crippen molar-refractivity contribution >= 4 is 11.6 Å². The van der Waals surface area contributed by atoms with Crippen LogP contribution in [0.2, 0.25) is 0 Å². The first-order chi connectivity index (χ1) is 9.63. The van der Waals surface area contributed by atoms with E-state index in [-0.39, 0.29) is 11.8 Å². The first-order valence-corrected chi connectivity index (χ1v) is 6.60. The topological polar surface area (TPSA) is 29.5 Å². The zero-order valence-corrected chi connectivity index (χ0v) is 12.0. The number of rotatable bonds is 4. The quantitative estimate of drug-likeness (QED) is 0.850. The number of carbonyl (C=O) groups excluding carboxylic acids is 1. The Balaban J connectivity index is 2.15. The van der Waals surface area contributed by atoms with Crippen LogP contribution >= 0.6 is 0 Å². The Bertz CT molecular complexity index is 563. The molecule has 0 fully saturated rings. The lowest BCUT2D eigenvalue weighted by molar-refractivity contribution is -0.119. The summed E-state index contributed by atoms with van der Waals surface area (Å²) in [6, 6.07) is 17.3. The van der Waals surface area contributed by atoms with E-state index in [0.29, 0.717) is 0 Å². The zero-order chi connectivity index (χ0) is 14.5. The summed E-state index contributed by atoms with van der Waals surface area (Å²) in [6.45, 7) is 1.92.